The summed E-state index contributed by atoms with van der Waals surface area (Å²) in [6.45, 7) is 0. The lowest BCUT2D eigenvalue weighted by Crippen LogP contribution is -2.00. The largest absolute Gasteiger partial charge is 0.265 e. The Bertz CT molecular complexity index is 2490. The molecule has 0 unspecified atom stereocenters. The van der Waals surface area contributed by atoms with E-state index < -0.39 is 0 Å². The van der Waals surface area contributed by atoms with Gasteiger partial charge in [-0.1, -0.05) is 133 Å². The minimum Gasteiger partial charge on any atom is -0.265 e. The second kappa shape index (κ2) is 14.7. The zero-order chi connectivity index (χ0) is 36.1. The van der Waals surface area contributed by atoms with Crippen LogP contribution in [0.3, 0.4) is 0 Å². The van der Waals surface area contributed by atoms with E-state index in [9.17, 15) is 0 Å². The summed E-state index contributed by atoms with van der Waals surface area (Å²) in [7, 11) is 0. The van der Waals surface area contributed by atoms with Crippen molar-refractivity contribution in [3.05, 3.63) is 201 Å². The molecule has 3 heterocycles. The minimum absolute atomic E-state index is 0.590. The first-order valence-electron chi connectivity index (χ1n) is 17.9. The molecule has 0 aliphatic rings. The van der Waals surface area contributed by atoms with Crippen LogP contribution in [-0.2, 0) is 0 Å². The van der Waals surface area contributed by atoms with Crippen molar-refractivity contribution in [1.82, 2.24) is 24.9 Å². The van der Waals surface area contributed by atoms with Crippen LogP contribution in [0.25, 0.3) is 89.8 Å². The third-order valence-corrected chi connectivity index (χ3v) is 9.57. The highest BCUT2D eigenvalue weighted by molar-refractivity contribution is 5.83. The molecule has 0 spiro atoms. The SMILES string of the molecule is c1ccc(-c2ccc(-c3cc(-c4ccc(-c5ccccc5)cc4)cc(-c4ccc(-c5nc(-c6ccncc6)nc(-c6ccncc6)n5)cc4)c3)cc2)cc1. The minimum atomic E-state index is 0.590. The molecule has 5 nitrogen and oxygen atoms in total. The van der Waals surface area contributed by atoms with Crippen molar-refractivity contribution >= 4 is 0 Å². The van der Waals surface area contributed by atoms with Crippen LogP contribution in [0.4, 0.5) is 0 Å². The molecule has 0 saturated heterocycles. The van der Waals surface area contributed by atoms with Crippen LogP contribution < -0.4 is 0 Å². The summed E-state index contributed by atoms with van der Waals surface area (Å²) in [5.41, 5.74) is 14.3. The first kappa shape index (κ1) is 32.5. The van der Waals surface area contributed by atoms with Gasteiger partial charge in [0.25, 0.3) is 0 Å². The molecule has 0 aliphatic heterocycles. The van der Waals surface area contributed by atoms with Crippen LogP contribution in [0.2, 0.25) is 0 Å². The third-order valence-electron chi connectivity index (χ3n) is 9.57. The molecule has 0 radical (unpaired) electrons. The van der Waals surface area contributed by atoms with Crippen molar-refractivity contribution in [3.63, 3.8) is 0 Å². The van der Waals surface area contributed by atoms with E-state index in [1.54, 1.807) is 24.8 Å². The predicted octanol–water partition coefficient (Wildman–Crippen LogP) is 12.0. The maximum Gasteiger partial charge on any atom is 0.164 e. The lowest BCUT2D eigenvalue weighted by Gasteiger charge is -2.13. The fraction of sp³-hybridized carbons (Fsp3) is 0. The van der Waals surface area contributed by atoms with E-state index in [0.29, 0.717) is 17.5 Å². The Balaban J connectivity index is 1.10. The van der Waals surface area contributed by atoms with Gasteiger partial charge in [0.2, 0.25) is 0 Å². The highest BCUT2D eigenvalue weighted by Crippen LogP contribution is 2.36. The fourth-order valence-electron chi connectivity index (χ4n) is 6.68. The number of benzene rings is 6. The second-order valence-corrected chi connectivity index (χ2v) is 13.0. The zero-order valence-electron chi connectivity index (χ0n) is 29.3. The topological polar surface area (TPSA) is 64.5 Å². The van der Waals surface area contributed by atoms with Crippen molar-refractivity contribution in [3.8, 4) is 89.8 Å². The third kappa shape index (κ3) is 6.94. The van der Waals surface area contributed by atoms with Crippen molar-refractivity contribution < 1.29 is 0 Å². The molecular formula is C49H33N5. The molecular weight excluding hydrogens is 659 g/mol. The van der Waals surface area contributed by atoms with E-state index in [-0.39, 0.29) is 0 Å². The zero-order valence-corrected chi connectivity index (χ0v) is 29.3. The predicted molar refractivity (Wildman–Crippen MR) is 219 cm³/mol. The number of hydrogen-bond donors (Lipinski definition) is 0. The lowest BCUT2D eigenvalue weighted by molar-refractivity contribution is 1.07. The number of aromatic nitrogens is 5. The van der Waals surface area contributed by atoms with Crippen LogP contribution in [0, 0.1) is 0 Å². The first-order chi connectivity index (χ1) is 26.7. The Morgan fingerprint density at radius 2 is 0.444 bits per heavy atom. The normalized spacial score (nSPS) is 11.0. The van der Waals surface area contributed by atoms with Gasteiger partial charge in [0.15, 0.2) is 17.5 Å². The first-order valence-corrected chi connectivity index (χ1v) is 17.9. The van der Waals surface area contributed by atoms with Gasteiger partial charge in [-0.25, -0.2) is 15.0 Å². The van der Waals surface area contributed by atoms with Crippen LogP contribution in [0.15, 0.2) is 201 Å². The molecule has 3 aromatic heterocycles. The van der Waals surface area contributed by atoms with Gasteiger partial charge in [-0.3, -0.25) is 9.97 Å². The van der Waals surface area contributed by atoms with Crippen LogP contribution in [0.1, 0.15) is 0 Å². The molecule has 0 N–H and O–H groups in total. The summed E-state index contributed by atoms with van der Waals surface area (Å²) >= 11 is 0. The number of nitrogens with zero attached hydrogens (tertiary/aromatic N) is 5. The monoisotopic (exact) mass is 691 g/mol. The van der Waals surface area contributed by atoms with Gasteiger partial charge >= 0.3 is 0 Å². The van der Waals surface area contributed by atoms with Gasteiger partial charge in [-0.05, 0) is 98.1 Å². The van der Waals surface area contributed by atoms with Crippen LogP contribution in [-0.4, -0.2) is 24.9 Å². The van der Waals surface area contributed by atoms with Crippen LogP contribution in [0.5, 0.6) is 0 Å². The number of pyridine rings is 2. The van der Waals surface area contributed by atoms with Gasteiger partial charge in [0.1, 0.15) is 0 Å². The van der Waals surface area contributed by atoms with Gasteiger partial charge in [0, 0.05) is 41.5 Å². The molecule has 0 atom stereocenters. The second-order valence-electron chi connectivity index (χ2n) is 13.0. The molecule has 9 rings (SSSR count). The van der Waals surface area contributed by atoms with Crippen molar-refractivity contribution in [2.75, 3.05) is 0 Å². The Morgan fingerprint density at radius 3 is 0.759 bits per heavy atom. The molecule has 0 saturated carbocycles. The van der Waals surface area contributed by atoms with Gasteiger partial charge in [-0.2, -0.15) is 0 Å². The van der Waals surface area contributed by atoms with E-state index in [2.05, 4.69) is 149 Å². The lowest BCUT2D eigenvalue weighted by atomic mass is 9.92. The Kier molecular flexibility index (Phi) is 8.86. The highest BCUT2D eigenvalue weighted by atomic mass is 15.0. The van der Waals surface area contributed by atoms with E-state index in [1.807, 2.05) is 36.4 Å². The fourth-order valence-corrected chi connectivity index (χ4v) is 6.68. The number of hydrogen-bond acceptors (Lipinski definition) is 5. The molecule has 0 bridgehead atoms. The van der Waals surface area contributed by atoms with Crippen molar-refractivity contribution in [2.24, 2.45) is 0 Å². The molecule has 54 heavy (non-hydrogen) atoms. The summed E-state index contributed by atoms with van der Waals surface area (Å²) in [5.74, 6) is 1.78. The number of rotatable bonds is 8. The Morgan fingerprint density at radius 1 is 0.204 bits per heavy atom. The molecule has 254 valence electrons. The van der Waals surface area contributed by atoms with Crippen LogP contribution >= 0.6 is 0 Å². The van der Waals surface area contributed by atoms with E-state index in [4.69, 9.17) is 15.0 Å². The quantitative estimate of drug-likeness (QED) is 0.159. The Hall–Kier alpha value is -7.37. The molecule has 0 amide bonds. The maximum absolute atomic E-state index is 4.90. The summed E-state index contributed by atoms with van der Waals surface area (Å²) in [6.07, 6.45) is 6.99. The molecule has 5 heteroatoms. The molecule has 0 aliphatic carbocycles. The van der Waals surface area contributed by atoms with E-state index in [0.717, 1.165) is 50.1 Å². The standard InChI is InChI=1S/C49H33N5/c1-3-7-34(8-4-1)36-11-15-38(16-12-36)44-31-45(39-17-13-37(14-18-39)35-9-5-2-6-10-35)33-46(32-44)40-19-21-41(22-20-40)47-52-48(42-23-27-50-28-24-42)54-49(53-47)43-25-29-51-30-26-43/h1-33H. The Labute approximate surface area is 314 Å². The summed E-state index contributed by atoms with van der Waals surface area (Å²) in [6, 6.07) is 61.6. The van der Waals surface area contributed by atoms with Gasteiger partial charge < -0.3 is 0 Å². The summed E-state index contributed by atoms with van der Waals surface area (Å²) < 4.78 is 0. The van der Waals surface area contributed by atoms with Crippen molar-refractivity contribution in [2.45, 2.75) is 0 Å². The molecule has 0 fully saturated rings. The summed E-state index contributed by atoms with van der Waals surface area (Å²) in [5, 5.41) is 0. The molecule has 6 aromatic carbocycles. The van der Waals surface area contributed by atoms with Crippen molar-refractivity contribution in [1.29, 1.82) is 0 Å². The smallest absolute Gasteiger partial charge is 0.164 e. The maximum atomic E-state index is 4.90. The van der Waals surface area contributed by atoms with E-state index in [1.165, 1.54) is 22.3 Å². The van der Waals surface area contributed by atoms with Gasteiger partial charge in [0.05, 0.1) is 0 Å². The molecule has 9 aromatic rings. The summed E-state index contributed by atoms with van der Waals surface area (Å²) in [4.78, 5) is 23.0. The van der Waals surface area contributed by atoms with Gasteiger partial charge in [-0.15, -0.1) is 0 Å². The average molecular weight is 692 g/mol. The van der Waals surface area contributed by atoms with E-state index >= 15 is 0 Å². The average Bonchev–Trinajstić information content (AvgIpc) is 3.27. The highest BCUT2D eigenvalue weighted by Gasteiger charge is 2.14.